The fourth-order valence-electron chi connectivity index (χ4n) is 6.42. The minimum atomic E-state index is -3.89. The molecular weight excluding hydrogens is 678 g/mol. The van der Waals surface area contributed by atoms with Crippen LogP contribution in [-0.4, -0.2) is 102 Å². The average molecular weight is 728 g/mol. The standard InChI is InChI=1S/C36H49N5O9S/c1-9-23-19-36(23,33(44)39-51(46,47)26-11-12-26)38-30(42)28-18-25(49-31-27-13-10-24(48-8)17-22(27)14-15-37-31)20-41(28)32(43)29(16-21(2)3)40(7)34(45)50-35(4,5)6/h9-10,13-15,17,21,23,25-26,28-29H,1,11-12,16,18-20H2,2-8H3,(H,38,42)(H,39,44)/t23?,25-,28+,29+,36-/m1/s1. The second-order valence-corrected chi connectivity index (χ2v) is 17.1. The van der Waals surface area contributed by atoms with Crippen molar-refractivity contribution >= 4 is 44.6 Å². The van der Waals surface area contributed by atoms with Crippen molar-refractivity contribution in [3.05, 3.63) is 43.1 Å². The van der Waals surface area contributed by atoms with E-state index in [4.69, 9.17) is 14.2 Å². The van der Waals surface area contributed by atoms with E-state index in [1.165, 1.54) is 22.9 Å². The lowest BCUT2D eigenvalue weighted by Gasteiger charge is -2.35. The number of methoxy groups -OCH3 is 1. The van der Waals surface area contributed by atoms with Gasteiger partial charge in [-0.05, 0) is 82.0 Å². The number of aromatic nitrogens is 1. The highest BCUT2D eigenvalue weighted by Crippen LogP contribution is 2.45. The van der Waals surface area contributed by atoms with E-state index in [2.05, 4.69) is 21.6 Å². The summed E-state index contributed by atoms with van der Waals surface area (Å²) in [4.78, 5) is 62.5. The molecule has 1 unspecified atom stereocenters. The van der Waals surface area contributed by atoms with Gasteiger partial charge >= 0.3 is 6.09 Å². The van der Waals surface area contributed by atoms with Gasteiger partial charge in [0.25, 0.3) is 5.91 Å². The second kappa shape index (κ2) is 14.3. The Kier molecular flexibility index (Phi) is 10.6. The number of pyridine rings is 1. The molecule has 1 aromatic heterocycles. The number of likely N-dealkylation sites (N-methyl/N-ethyl adjacent to an activating group) is 1. The van der Waals surface area contributed by atoms with Crippen LogP contribution in [0.15, 0.2) is 43.1 Å². The SMILES string of the molecule is C=CC1C[C@]1(NC(=O)[C@@H]1C[C@@H](Oc2nccc3cc(OC)ccc23)CN1C(=O)[C@H](CC(C)C)N(C)C(=O)OC(C)(C)C)C(=O)NS(=O)(=O)C1CC1. The number of sulfonamides is 1. The molecule has 2 saturated carbocycles. The highest BCUT2D eigenvalue weighted by atomic mass is 32.2. The van der Waals surface area contributed by atoms with Crippen molar-refractivity contribution in [3.8, 4) is 11.6 Å². The van der Waals surface area contributed by atoms with E-state index in [1.807, 2.05) is 32.0 Å². The van der Waals surface area contributed by atoms with Crippen LogP contribution in [0.5, 0.6) is 11.6 Å². The van der Waals surface area contributed by atoms with Gasteiger partial charge in [0, 0.05) is 31.0 Å². The Morgan fingerprint density at radius 2 is 1.88 bits per heavy atom. The molecule has 0 spiro atoms. The zero-order valence-corrected chi connectivity index (χ0v) is 31.1. The molecule has 3 fully saturated rings. The lowest BCUT2D eigenvalue weighted by Crippen LogP contribution is -2.58. The topological polar surface area (TPSA) is 174 Å². The van der Waals surface area contributed by atoms with Crippen LogP contribution in [0.25, 0.3) is 10.8 Å². The summed E-state index contributed by atoms with van der Waals surface area (Å²) >= 11 is 0. The molecule has 5 rings (SSSR count). The summed E-state index contributed by atoms with van der Waals surface area (Å²) in [7, 11) is -0.832. The van der Waals surface area contributed by atoms with Crippen molar-refractivity contribution < 1.29 is 41.8 Å². The van der Waals surface area contributed by atoms with Crippen LogP contribution >= 0.6 is 0 Å². The fourth-order valence-corrected chi connectivity index (χ4v) is 7.79. The monoisotopic (exact) mass is 727 g/mol. The van der Waals surface area contributed by atoms with Crippen LogP contribution in [0.2, 0.25) is 0 Å². The third-order valence-electron chi connectivity index (χ3n) is 9.44. The maximum absolute atomic E-state index is 14.5. The number of likely N-dealkylation sites (tertiary alicyclic amines) is 1. The van der Waals surface area contributed by atoms with Gasteiger partial charge in [-0.1, -0.05) is 19.9 Å². The van der Waals surface area contributed by atoms with E-state index in [9.17, 15) is 27.6 Å². The minimum absolute atomic E-state index is 0.0113. The highest BCUT2D eigenvalue weighted by Gasteiger charge is 2.62. The predicted molar refractivity (Wildman–Crippen MR) is 189 cm³/mol. The number of hydrogen-bond acceptors (Lipinski definition) is 10. The number of benzene rings is 1. The first-order chi connectivity index (χ1) is 23.9. The van der Waals surface area contributed by atoms with E-state index in [0.29, 0.717) is 29.9 Å². The smallest absolute Gasteiger partial charge is 0.410 e. The molecule has 5 atom stereocenters. The molecule has 14 nitrogen and oxygen atoms in total. The molecule has 2 aromatic rings. The van der Waals surface area contributed by atoms with Gasteiger partial charge in [-0.2, -0.15) is 0 Å². The van der Waals surface area contributed by atoms with Crippen molar-refractivity contribution in [2.75, 3.05) is 20.7 Å². The lowest BCUT2D eigenvalue weighted by atomic mass is 10.0. The Morgan fingerprint density at radius 1 is 1.18 bits per heavy atom. The lowest BCUT2D eigenvalue weighted by molar-refractivity contribution is -0.143. The Morgan fingerprint density at radius 3 is 2.47 bits per heavy atom. The van der Waals surface area contributed by atoms with E-state index in [1.54, 1.807) is 40.1 Å². The quantitative estimate of drug-likeness (QED) is 0.291. The van der Waals surface area contributed by atoms with Crippen LogP contribution in [0.3, 0.4) is 0 Å². The van der Waals surface area contributed by atoms with Crippen molar-refractivity contribution in [2.45, 2.75) is 101 Å². The zero-order chi connectivity index (χ0) is 37.5. The maximum atomic E-state index is 14.5. The first-order valence-corrected chi connectivity index (χ1v) is 18.8. The van der Waals surface area contributed by atoms with Gasteiger partial charge in [0.15, 0.2) is 0 Å². The Labute approximate surface area is 299 Å². The molecule has 278 valence electrons. The largest absolute Gasteiger partial charge is 0.497 e. The number of nitrogens with one attached hydrogen (secondary N) is 2. The summed E-state index contributed by atoms with van der Waals surface area (Å²) in [6, 6.07) is 5.13. The van der Waals surface area contributed by atoms with Crippen molar-refractivity contribution in [3.63, 3.8) is 0 Å². The summed E-state index contributed by atoms with van der Waals surface area (Å²) in [5, 5.41) is 3.67. The van der Waals surface area contributed by atoms with Gasteiger partial charge in [-0.25, -0.2) is 18.2 Å². The third-order valence-corrected chi connectivity index (χ3v) is 11.3. The number of hydrogen-bond donors (Lipinski definition) is 2. The Bertz CT molecular complexity index is 1810. The molecule has 1 aromatic carbocycles. The number of fused-ring (bicyclic) bond motifs is 1. The average Bonchev–Trinajstić information content (AvgIpc) is 3.98. The van der Waals surface area contributed by atoms with Gasteiger partial charge in [0.2, 0.25) is 27.7 Å². The molecule has 0 bridgehead atoms. The van der Waals surface area contributed by atoms with Gasteiger partial charge in [0.05, 0.1) is 18.9 Å². The second-order valence-electron chi connectivity index (χ2n) is 15.1. The van der Waals surface area contributed by atoms with Crippen LogP contribution in [0.1, 0.15) is 66.7 Å². The number of amides is 4. The van der Waals surface area contributed by atoms with Crippen LogP contribution in [0.4, 0.5) is 4.79 Å². The van der Waals surface area contributed by atoms with Crippen LogP contribution in [0, 0.1) is 11.8 Å². The normalized spacial score (nSPS) is 23.7. The van der Waals surface area contributed by atoms with E-state index < -0.39 is 74.3 Å². The molecule has 15 heteroatoms. The molecule has 2 aliphatic carbocycles. The van der Waals surface area contributed by atoms with Gasteiger partial charge in [0.1, 0.15) is 35.1 Å². The molecule has 3 aliphatic rings. The van der Waals surface area contributed by atoms with E-state index >= 15 is 0 Å². The van der Waals surface area contributed by atoms with E-state index in [-0.39, 0.29) is 31.7 Å². The zero-order valence-electron chi connectivity index (χ0n) is 30.3. The molecule has 1 saturated heterocycles. The maximum Gasteiger partial charge on any atom is 0.410 e. The molecule has 51 heavy (non-hydrogen) atoms. The minimum Gasteiger partial charge on any atom is -0.497 e. The third kappa shape index (κ3) is 8.40. The van der Waals surface area contributed by atoms with Crippen LogP contribution in [-0.2, 0) is 29.1 Å². The molecule has 0 radical (unpaired) electrons. The molecule has 4 amide bonds. The molecule has 1 aliphatic heterocycles. The fraction of sp³-hybridized carbons (Fsp3) is 0.583. The number of nitrogens with zero attached hydrogens (tertiary/aromatic N) is 3. The highest BCUT2D eigenvalue weighted by molar-refractivity contribution is 7.91. The molecule has 2 N–H and O–H groups in total. The summed E-state index contributed by atoms with van der Waals surface area (Å²) in [5.41, 5.74) is -2.36. The van der Waals surface area contributed by atoms with Crippen molar-refractivity contribution in [1.82, 2.24) is 24.8 Å². The van der Waals surface area contributed by atoms with Crippen molar-refractivity contribution in [1.29, 1.82) is 0 Å². The first kappa shape index (κ1) is 37.8. The Balaban J connectivity index is 1.45. The van der Waals surface area contributed by atoms with Crippen LogP contribution < -0.4 is 19.5 Å². The van der Waals surface area contributed by atoms with Gasteiger partial charge in [-0.15, -0.1) is 6.58 Å². The number of ether oxygens (including phenoxy) is 3. The molecular formula is C36H49N5O9S. The summed E-state index contributed by atoms with van der Waals surface area (Å²) in [6.45, 7) is 12.8. The number of rotatable bonds is 13. The Hall–Kier alpha value is -4.40. The molecule has 2 heterocycles. The number of carbonyl (C=O) groups excluding carboxylic acids is 4. The summed E-state index contributed by atoms with van der Waals surface area (Å²) in [5.74, 6) is -1.57. The summed E-state index contributed by atoms with van der Waals surface area (Å²) < 4.78 is 44.8. The first-order valence-electron chi connectivity index (χ1n) is 17.3. The predicted octanol–water partition coefficient (Wildman–Crippen LogP) is 3.54. The summed E-state index contributed by atoms with van der Waals surface area (Å²) in [6.07, 6.45) is 3.08. The number of carbonyl (C=O) groups is 4. The van der Waals surface area contributed by atoms with Crippen molar-refractivity contribution in [2.24, 2.45) is 11.8 Å². The van der Waals surface area contributed by atoms with Gasteiger partial charge in [-0.3, -0.25) is 24.0 Å². The van der Waals surface area contributed by atoms with E-state index in [0.717, 1.165) is 5.39 Å². The van der Waals surface area contributed by atoms with Gasteiger partial charge < -0.3 is 24.4 Å².